The first-order chi connectivity index (χ1) is 15.6. The molecule has 0 unspecified atom stereocenters. The van der Waals surface area contributed by atoms with E-state index in [0.717, 1.165) is 11.5 Å². The number of piperazine rings is 1. The van der Waals surface area contributed by atoms with Gasteiger partial charge in [0.05, 0.1) is 31.6 Å². The minimum absolute atomic E-state index is 0.0694. The van der Waals surface area contributed by atoms with Gasteiger partial charge in [0.2, 0.25) is 5.88 Å². The van der Waals surface area contributed by atoms with E-state index >= 15 is 0 Å². The first kappa shape index (κ1) is 21.5. The van der Waals surface area contributed by atoms with Crippen LogP contribution in [0.4, 0.5) is 11.5 Å². The number of amidine groups is 1. The van der Waals surface area contributed by atoms with Gasteiger partial charge in [-0.3, -0.25) is 4.84 Å². The Morgan fingerprint density at radius 2 is 2.03 bits per heavy atom. The lowest BCUT2D eigenvalue weighted by Gasteiger charge is -2.44. The smallest absolute Gasteiger partial charge is 0.363 e. The molecule has 168 valence electrons. The Balaban J connectivity index is 1.47. The van der Waals surface area contributed by atoms with E-state index < -0.39 is 4.92 Å². The number of aliphatic imine (C=N–C) groups is 1. The lowest BCUT2D eigenvalue weighted by Crippen LogP contribution is -2.58. The number of hydrogen-bond acceptors (Lipinski definition) is 10. The van der Waals surface area contributed by atoms with Crippen LogP contribution in [0.5, 0.6) is 5.75 Å². The first-order valence-electron chi connectivity index (χ1n) is 10.1. The van der Waals surface area contributed by atoms with Crippen molar-refractivity contribution in [3.8, 4) is 5.75 Å². The number of rotatable bonds is 6. The number of aliphatic hydroxyl groups is 1. The number of para-hydroxylation sites is 1. The molecule has 0 amide bonds. The zero-order valence-corrected chi connectivity index (χ0v) is 17.6. The molecule has 1 fully saturated rings. The van der Waals surface area contributed by atoms with Crippen LogP contribution in [0, 0.1) is 10.1 Å². The fourth-order valence-corrected chi connectivity index (χ4v) is 3.71. The summed E-state index contributed by atoms with van der Waals surface area (Å²) in [5, 5.41) is 22.5. The van der Waals surface area contributed by atoms with E-state index in [1.54, 1.807) is 24.4 Å². The number of anilines is 1. The van der Waals surface area contributed by atoms with Crippen LogP contribution < -0.4 is 9.64 Å². The van der Waals surface area contributed by atoms with Crippen molar-refractivity contribution in [2.75, 3.05) is 44.8 Å². The van der Waals surface area contributed by atoms with Crippen LogP contribution in [0.15, 0.2) is 65.7 Å². The minimum atomic E-state index is -0.524. The van der Waals surface area contributed by atoms with Crippen LogP contribution >= 0.6 is 0 Å². The summed E-state index contributed by atoms with van der Waals surface area (Å²) in [6.07, 6.45) is 3.10. The number of hydrogen-bond donors (Lipinski definition) is 1. The number of aromatic nitrogens is 1. The highest BCUT2D eigenvalue weighted by molar-refractivity contribution is 5.86. The lowest BCUT2D eigenvalue weighted by molar-refractivity contribution is -0.389. The summed E-state index contributed by atoms with van der Waals surface area (Å²) in [7, 11) is 1.56. The molecule has 2 aliphatic rings. The van der Waals surface area contributed by atoms with Gasteiger partial charge in [0.25, 0.3) is 0 Å². The summed E-state index contributed by atoms with van der Waals surface area (Å²) < 4.78 is 5.87. The van der Waals surface area contributed by atoms with Crippen molar-refractivity contribution >= 4 is 17.3 Å². The van der Waals surface area contributed by atoms with Gasteiger partial charge >= 0.3 is 5.82 Å². The molecule has 11 nitrogen and oxygen atoms in total. The third kappa shape index (κ3) is 4.63. The van der Waals surface area contributed by atoms with Crippen LogP contribution in [0.1, 0.15) is 0 Å². The number of aliphatic hydroxyl groups excluding tert-OH is 1. The normalized spacial score (nSPS) is 18.8. The third-order valence-corrected chi connectivity index (χ3v) is 5.35. The molecule has 1 aromatic carbocycles. The highest BCUT2D eigenvalue weighted by Crippen LogP contribution is 2.23. The maximum absolute atomic E-state index is 10.8. The van der Waals surface area contributed by atoms with E-state index in [1.807, 2.05) is 35.2 Å². The van der Waals surface area contributed by atoms with Gasteiger partial charge in [-0.1, -0.05) is 18.2 Å². The summed E-state index contributed by atoms with van der Waals surface area (Å²) in [6.45, 7) is 2.09. The van der Waals surface area contributed by atoms with Crippen molar-refractivity contribution in [1.82, 2.24) is 14.9 Å². The standard InChI is InChI=1S/C21H24N6O5/c1-31-26-14-20(23-12-21(26)32-18-5-3-2-4-6-18)25-10-9-24(13-17(25)15-28)16-7-8-19(22-11-16)27(29)30/h2-8,11-12,17,28H,9-10,13-15H2,1H3/t17-/m1/s1. The van der Waals surface area contributed by atoms with E-state index in [4.69, 9.17) is 9.57 Å². The monoisotopic (exact) mass is 440 g/mol. The van der Waals surface area contributed by atoms with Crippen molar-refractivity contribution in [3.05, 3.63) is 70.9 Å². The predicted molar refractivity (Wildman–Crippen MR) is 117 cm³/mol. The quantitative estimate of drug-likeness (QED) is 0.528. The van der Waals surface area contributed by atoms with Crippen molar-refractivity contribution in [1.29, 1.82) is 0 Å². The molecular formula is C21H24N6O5. The molecule has 1 N–H and O–H groups in total. The highest BCUT2D eigenvalue weighted by atomic mass is 16.7. The van der Waals surface area contributed by atoms with Gasteiger partial charge < -0.3 is 29.8 Å². The predicted octanol–water partition coefficient (Wildman–Crippen LogP) is 1.63. The zero-order chi connectivity index (χ0) is 22.5. The first-order valence-corrected chi connectivity index (χ1v) is 10.1. The summed E-state index contributed by atoms with van der Waals surface area (Å²) in [4.78, 5) is 28.4. The molecule has 0 saturated carbocycles. The summed E-state index contributed by atoms with van der Waals surface area (Å²) >= 11 is 0. The van der Waals surface area contributed by atoms with Crippen LogP contribution in [0.2, 0.25) is 0 Å². The number of hydroxylamine groups is 2. The van der Waals surface area contributed by atoms with Crippen LogP contribution in [-0.2, 0) is 4.84 Å². The second-order valence-electron chi connectivity index (χ2n) is 7.25. The zero-order valence-electron chi connectivity index (χ0n) is 17.6. The third-order valence-electron chi connectivity index (χ3n) is 5.35. The second kappa shape index (κ2) is 9.62. The Morgan fingerprint density at radius 1 is 1.22 bits per heavy atom. The van der Waals surface area contributed by atoms with Crippen LogP contribution in [0.25, 0.3) is 0 Å². The number of nitrogens with zero attached hydrogens (tertiary/aromatic N) is 6. The molecule has 0 radical (unpaired) electrons. The van der Waals surface area contributed by atoms with Gasteiger partial charge in [-0.05, 0) is 28.1 Å². The number of pyridine rings is 1. The molecule has 4 rings (SSSR count). The Morgan fingerprint density at radius 3 is 2.69 bits per heavy atom. The van der Waals surface area contributed by atoms with E-state index in [-0.39, 0.29) is 18.5 Å². The van der Waals surface area contributed by atoms with E-state index in [2.05, 4.69) is 14.9 Å². The Kier molecular flexibility index (Phi) is 6.47. The minimum Gasteiger partial charge on any atom is -0.437 e. The topological polar surface area (TPSA) is 117 Å². The van der Waals surface area contributed by atoms with Crippen LogP contribution in [0.3, 0.4) is 0 Å². The summed E-state index contributed by atoms with van der Waals surface area (Å²) in [5.41, 5.74) is 0.774. The van der Waals surface area contributed by atoms with Crippen LogP contribution in [-0.4, -0.2) is 76.8 Å². The van der Waals surface area contributed by atoms with E-state index in [0.29, 0.717) is 37.8 Å². The summed E-state index contributed by atoms with van der Waals surface area (Å²) in [5.74, 6) is 1.71. The maximum atomic E-state index is 10.8. The van der Waals surface area contributed by atoms with E-state index in [9.17, 15) is 15.2 Å². The Hall–Kier alpha value is -3.70. The van der Waals surface area contributed by atoms with Gasteiger partial charge in [-0.2, -0.15) is 0 Å². The molecule has 32 heavy (non-hydrogen) atoms. The Labute approximate surface area is 184 Å². The molecule has 0 bridgehead atoms. The molecule has 1 atom stereocenters. The van der Waals surface area contributed by atoms with Gasteiger partial charge in [0.15, 0.2) is 6.20 Å². The largest absolute Gasteiger partial charge is 0.437 e. The van der Waals surface area contributed by atoms with Crippen molar-refractivity contribution in [2.45, 2.75) is 6.04 Å². The van der Waals surface area contributed by atoms with Crippen molar-refractivity contribution < 1.29 is 19.6 Å². The molecule has 11 heteroatoms. The van der Waals surface area contributed by atoms with Gasteiger partial charge in [0.1, 0.15) is 18.1 Å². The number of nitro groups is 1. The number of benzene rings is 1. The Bertz CT molecular complexity index is 997. The maximum Gasteiger partial charge on any atom is 0.363 e. The highest BCUT2D eigenvalue weighted by Gasteiger charge is 2.32. The second-order valence-corrected chi connectivity index (χ2v) is 7.25. The molecule has 1 aromatic heterocycles. The molecular weight excluding hydrogens is 416 g/mol. The lowest BCUT2D eigenvalue weighted by atomic mass is 10.1. The van der Waals surface area contributed by atoms with Crippen molar-refractivity contribution in [3.63, 3.8) is 0 Å². The molecule has 0 aliphatic carbocycles. The molecule has 3 heterocycles. The number of ether oxygens (including phenoxy) is 1. The molecule has 1 saturated heterocycles. The fourth-order valence-electron chi connectivity index (χ4n) is 3.71. The molecule has 2 aromatic rings. The average molecular weight is 440 g/mol. The van der Waals surface area contributed by atoms with Gasteiger partial charge in [0, 0.05) is 25.7 Å². The molecule has 0 spiro atoms. The SMILES string of the molecule is CON1CC(N2CCN(c3ccc([N+](=O)[O-])nc3)C[C@@H]2CO)=NC=C1Oc1ccccc1. The fraction of sp³-hybridized carbons (Fsp3) is 0.333. The molecule has 2 aliphatic heterocycles. The van der Waals surface area contributed by atoms with Crippen molar-refractivity contribution in [2.24, 2.45) is 4.99 Å². The van der Waals surface area contributed by atoms with Gasteiger partial charge in [-0.25, -0.2) is 10.1 Å². The summed E-state index contributed by atoms with van der Waals surface area (Å²) in [6, 6.07) is 12.2. The van der Waals surface area contributed by atoms with Gasteiger partial charge in [-0.15, -0.1) is 0 Å². The van der Waals surface area contributed by atoms with E-state index in [1.165, 1.54) is 12.3 Å². The average Bonchev–Trinajstić information content (AvgIpc) is 2.84.